The van der Waals surface area contributed by atoms with Crippen LogP contribution in [0, 0.1) is 5.82 Å². The molecule has 0 aliphatic carbocycles. The molecule has 10 heteroatoms. The summed E-state index contributed by atoms with van der Waals surface area (Å²) in [7, 11) is -3.44. The van der Waals surface area contributed by atoms with Crippen LogP contribution in [0.15, 0.2) is 76.6 Å². The summed E-state index contributed by atoms with van der Waals surface area (Å²) < 4.78 is 38.8. The van der Waals surface area contributed by atoms with E-state index in [2.05, 4.69) is 20.1 Å². The summed E-state index contributed by atoms with van der Waals surface area (Å²) in [5, 5.41) is 3.10. The van der Waals surface area contributed by atoms with Gasteiger partial charge in [-0.2, -0.15) is 9.67 Å². The first kappa shape index (κ1) is 21.8. The van der Waals surface area contributed by atoms with Crippen molar-refractivity contribution in [1.29, 1.82) is 0 Å². The van der Waals surface area contributed by atoms with Crippen molar-refractivity contribution >= 4 is 21.0 Å². The molecule has 0 bridgehead atoms. The number of halogens is 1. The summed E-state index contributed by atoms with van der Waals surface area (Å²) in [4.78, 5) is 25.3. The Balaban J connectivity index is 1.63. The number of hydrogen-bond acceptors (Lipinski definition) is 5. The molecule has 0 saturated carbocycles. The van der Waals surface area contributed by atoms with Gasteiger partial charge < -0.3 is 4.98 Å². The zero-order chi connectivity index (χ0) is 23.9. The van der Waals surface area contributed by atoms with Gasteiger partial charge in [-0.15, -0.1) is 0 Å². The van der Waals surface area contributed by atoms with E-state index in [0.29, 0.717) is 40.8 Å². The topological polar surface area (TPSA) is 114 Å². The molecule has 5 rings (SSSR count). The molecule has 172 valence electrons. The minimum atomic E-state index is -3.44. The SMILES string of the molecule is CS(=O)(=O)c1cccc(-c2[nH]n(-c3nc4ncccc4[nH]3)c(=O)c2CCc2ccc(F)cc2)c1. The van der Waals surface area contributed by atoms with E-state index in [1.54, 1.807) is 42.6 Å². The number of aromatic amines is 2. The van der Waals surface area contributed by atoms with Crippen LogP contribution in [0.5, 0.6) is 0 Å². The zero-order valence-corrected chi connectivity index (χ0v) is 18.9. The van der Waals surface area contributed by atoms with Crippen LogP contribution in [-0.2, 0) is 22.7 Å². The fourth-order valence-corrected chi connectivity index (χ4v) is 4.50. The lowest BCUT2D eigenvalue weighted by molar-refractivity contribution is 0.602. The molecular formula is C24H20FN5O3S. The van der Waals surface area contributed by atoms with Gasteiger partial charge in [-0.1, -0.05) is 24.3 Å². The number of sulfone groups is 1. The summed E-state index contributed by atoms with van der Waals surface area (Å²) in [6.07, 6.45) is 3.59. The molecule has 0 spiro atoms. The molecule has 3 heterocycles. The van der Waals surface area contributed by atoms with Crippen LogP contribution in [0.2, 0.25) is 0 Å². The standard InChI is InChI=1S/C24H20FN5O3S/c1-34(32,33)18-5-2-4-16(14-18)21-19(12-9-15-7-10-17(25)11-8-15)23(31)30(29-21)24-27-20-6-3-13-26-22(20)28-24/h2-8,10-11,13-14,29H,9,12H2,1H3,(H,26,27,28). The van der Waals surface area contributed by atoms with Crippen molar-refractivity contribution in [2.75, 3.05) is 6.26 Å². The highest BCUT2D eigenvalue weighted by molar-refractivity contribution is 7.90. The van der Waals surface area contributed by atoms with Crippen LogP contribution in [0.4, 0.5) is 4.39 Å². The Morgan fingerprint density at radius 3 is 2.56 bits per heavy atom. The summed E-state index contributed by atoms with van der Waals surface area (Å²) in [6.45, 7) is 0. The van der Waals surface area contributed by atoms with Crippen molar-refractivity contribution in [3.63, 3.8) is 0 Å². The van der Waals surface area contributed by atoms with Crippen LogP contribution in [-0.4, -0.2) is 39.4 Å². The first-order valence-corrected chi connectivity index (χ1v) is 12.4. The molecule has 0 atom stereocenters. The molecular weight excluding hydrogens is 457 g/mol. The van der Waals surface area contributed by atoms with Crippen molar-refractivity contribution in [2.45, 2.75) is 17.7 Å². The van der Waals surface area contributed by atoms with E-state index in [1.165, 1.54) is 28.9 Å². The van der Waals surface area contributed by atoms with Crippen molar-refractivity contribution < 1.29 is 12.8 Å². The van der Waals surface area contributed by atoms with E-state index in [-0.39, 0.29) is 22.2 Å². The fraction of sp³-hybridized carbons (Fsp3) is 0.125. The van der Waals surface area contributed by atoms with Gasteiger partial charge in [0.2, 0.25) is 5.95 Å². The van der Waals surface area contributed by atoms with Crippen molar-refractivity contribution in [1.82, 2.24) is 24.7 Å². The van der Waals surface area contributed by atoms with Crippen LogP contribution in [0.3, 0.4) is 0 Å². The average molecular weight is 478 g/mol. The van der Waals surface area contributed by atoms with Gasteiger partial charge in [-0.3, -0.25) is 9.89 Å². The van der Waals surface area contributed by atoms with E-state index in [9.17, 15) is 17.6 Å². The van der Waals surface area contributed by atoms with Crippen LogP contribution >= 0.6 is 0 Å². The molecule has 2 N–H and O–H groups in total. The highest BCUT2D eigenvalue weighted by atomic mass is 32.2. The highest BCUT2D eigenvalue weighted by Gasteiger charge is 2.20. The minimum absolute atomic E-state index is 0.149. The smallest absolute Gasteiger partial charge is 0.277 e. The van der Waals surface area contributed by atoms with E-state index < -0.39 is 9.84 Å². The summed E-state index contributed by atoms with van der Waals surface area (Å²) in [5.41, 5.74) is 3.20. The maximum atomic E-state index is 13.5. The summed E-state index contributed by atoms with van der Waals surface area (Å²) >= 11 is 0. The van der Waals surface area contributed by atoms with Gasteiger partial charge in [0.1, 0.15) is 5.82 Å². The number of nitrogens with one attached hydrogen (secondary N) is 2. The summed E-state index contributed by atoms with van der Waals surface area (Å²) in [5.74, 6) is -0.0585. The van der Waals surface area contributed by atoms with Gasteiger partial charge in [0.05, 0.1) is 16.1 Å². The number of hydrogen-bond donors (Lipinski definition) is 2. The lowest BCUT2D eigenvalue weighted by Crippen LogP contribution is -2.19. The summed E-state index contributed by atoms with van der Waals surface area (Å²) in [6, 6.07) is 16.1. The molecule has 0 amide bonds. The number of rotatable bonds is 6. The van der Waals surface area contributed by atoms with Gasteiger partial charge in [0, 0.05) is 23.6 Å². The Kier molecular flexibility index (Phi) is 5.37. The van der Waals surface area contributed by atoms with Crippen LogP contribution in [0.1, 0.15) is 11.1 Å². The van der Waals surface area contributed by atoms with Crippen LogP contribution < -0.4 is 5.56 Å². The average Bonchev–Trinajstić information content (AvgIpc) is 3.39. The molecule has 0 aliphatic rings. The number of aromatic nitrogens is 5. The number of nitrogens with zero attached hydrogens (tertiary/aromatic N) is 3. The third-order valence-electron chi connectivity index (χ3n) is 5.57. The number of H-pyrrole nitrogens is 2. The minimum Gasteiger partial charge on any atom is -0.321 e. The number of pyridine rings is 1. The first-order valence-electron chi connectivity index (χ1n) is 10.5. The van der Waals surface area contributed by atoms with Gasteiger partial charge in [-0.05, 0) is 54.8 Å². The molecule has 2 aromatic carbocycles. The van der Waals surface area contributed by atoms with E-state index in [0.717, 1.165) is 11.8 Å². The maximum Gasteiger partial charge on any atom is 0.277 e. The molecule has 0 radical (unpaired) electrons. The molecule has 0 aliphatic heterocycles. The zero-order valence-electron chi connectivity index (χ0n) is 18.1. The number of fused-ring (bicyclic) bond motifs is 1. The molecule has 0 unspecified atom stereocenters. The lowest BCUT2D eigenvalue weighted by Gasteiger charge is -2.06. The second-order valence-corrected chi connectivity index (χ2v) is 9.98. The number of aryl methyl sites for hydroxylation is 1. The Hall–Kier alpha value is -4.05. The Morgan fingerprint density at radius 2 is 1.82 bits per heavy atom. The molecule has 34 heavy (non-hydrogen) atoms. The predicted molar refractivity (Wildman–Crippen MR) is 126 cm³/mol. The van der Waals surface area contributed by atoms with E-state index in [4.69, 9.17) is 0 Å². The second kappa shape index (κ2) is 8.38. The van der Waals surface area contributed by atoms with Gasteiger partial charge in [0.15, 0.2) is 15.5 Å². The third kappa shape index (κ3) is 4.15. The van der Waals surface area contributed by atoms with E-state index in [1.807, 2.05) is 0 Å². The number of benzene rings is 2. The Labute approximate surface area is 194 Å². The van der Waals surface area contributed by atoms with Gasteiger partial charge in [0.25, 0.3) is 5.56 Å². The normalized spacial score (nSPS) is 11.8. The van der Waals surface area contributed by atoms with Crippen molar-refractivity contribution in [2.24, 2.45) is 0 Å². The maximum absolute atomic E-state index is 13.5. The fourth-order valence-electron chi connectivity index (χ4n) is 3.83. The molecule has 0 saturated heterocycles. The quantitative estimate of drug-likeness (QED) is 0.389. The Morgan fingerprint density at radius 1 is 1.03 bits per heavy atom. The molecule has 5 aromatic rings. The molecule has 0 fully saturated rings. The highest BCUT2D eigenvalue weighted by Crippen LogP contribution is 2.25. The molecule has 3 aromatic heterocycles. The number of imidazole rings is 1. The van der Waals surface area contributed by atoms with Crippen LogP contribution in [0.25, 0.3) is 28.4 Å². The van der Waals surface area contributed by atoms with Crippen molar-refractivity contribution in [3.8, 4) is 17.2 Å². The Bertz CT molecular complexity index is 1630. The predicted octanol–water partition coefficient (Wildman–Crippen LogP) is 3.43. The van der Waals surface area contributed by atoms with Gasteiger partial charge >= 0.3 is 0 Å². The van der Waals surface area contributed by atoms with Gasteiger partial charge in [-0.25, -0.2) is 17.8 Å². The monoisotopic (exact) mass is 477 g/mol. The third-order valence-corrected chi connectivity index (χ3v) is 6.68. The largest absolute Gasteiger partial charge is 0.321 e. The first-order chi connectivity index (χ1) is 16.3. The lowest BCUT2D eigenvalue weighted by atomic mass is 10.0. The second-order valence-electron chi connectivity index (χ2n) is 7.97. The van der Waals surface area contributed by atoms with E-state index >= 15 is 0 Å². The molecule has 8 nitrogen and oxygen atoms in total. The van der Waals surface area contributed by atoms with Crippen molar-refractivity contribution in [3.05, 3.63) is 94.2 Å².